The molecule has 0 unspecified atom stereocenters. The van der Waals surface area contributed by atoms with E-state index in [0.717, 1.165) is 40.2 Å². The second-order valence-corrected chi connectivity index (χ2v) is 8.66. The molecule has 0 aliphatic carbocycles. The molecule has 0 spiro atoms. The zero-order valence-corrected chi connectivity index (χ0v) is 23.8. The molecule has 2 aromatic heterocycles. The average Bonchev–Trinajstić information content (AvgIpc) is 3.57. The second kappa shape index (κ2) is 12.0. The van der Waals surface area contributed by atoms with E-state index in [1.54, 1.807) is 30.7 Å². The van der Waals surface area contributed by atoms with Gasteiger partial charge < -0.3 is 19.6 Å². The van der Waals surface area contributed by atoms with Crippen molar-refractivity contribution < 1.29 is 20.1 Å². The van der Waals surface area contributed by atoms with E-state index in [2.05, 4.69) is 33.2 Å². The van der Waals surface area contributed by atoms with E-state index >= 15 is 0 Å². The summed E-state index contributed by atoms with van der Waals surface area (Å²) in [5, 5.41) is 8.78. The van der Waals surface area contributed by atoms with Gasteiger partial charge in [-0.3, -0.25) is 0 Å². The second-order valence-electron chi connectivity index (χ2n) is 8.66. The number of pyridine rings is 1. The van der Waals surface area contributed by atoms with Gasteiger partial charge in [0.2, 0.25) is 0 Å². The summed E-state index contributed by atoms with van der Waals surface area (Å²) in [6.45, 7) is 3.95. The number of benzene rings is 3. The van der Waals surface area contributed by atoms with Crippen LogP contribution in [0.1, 0.15) is 5.56 Å². The molecular weight excluding hydrogens is 677 g/mol. The minimum absolute atomic E-state index is 0. The van der Waals surface area contributed by atoms with E-state index in [1.807, 2.05) is 113 Å². The molecule has 3 aromatic carbocycles. The summed E-state index contributed by atoms with van der Waals surface area (Å²) in [6.07, 6.45) is 5.18. The third kappa shape index (κ3) is 5.23. The number of anilines is 7. The normalized spacial score (nSPS) is 13.0. The fourth-order valence-corrected chi connectivity index (χ4v) is 4.33. The molecule has 199 valence electrons. The number of rotatable bonds is 3. The van der Waals surface area contributed by atoms with E-state index < -0.39 is 0 Å². The van der Waals surface area contributed by atoms with Gasteiger partial charge in [-0.05, 0) is 31.3 Å². The maximum Gasteiger partial charge on any atom is 0.145 e. The smallest absolute Gasteiger partial charge is 0.145 e. The van der Waals surface area contributed by atoms with Crippen LogP contribution >= 0.6 is 0 Å². The summed E-state index contributed by atoms with van der Waals surface area (Å²) < 4.78 is 0. The van der Waals surface area contributed by atoms with Gasteiger partial charge in [-0.2, -0.15) is 55.2 Å². The molecule has 5 aromatic rings. The summed E-state index contributed by atoms with van der Waals surface area (Å²) in [5.74, 6) is 2.51. The van der Waals surface area contributed by atoms with Crippen LogP contribution in [0.5, 0.6) is 0 Å². The molecule has 0 fully saturated rings. The van der Waals surface area contributed by atoms with Crippen molar-refractivity contribution in [3.05, 3.63) is 135 Å². The van der Waals surface area contributed by atoms with Gasteiger partial charge in [0.1, 0.15) is 17.5 Å². The topological polar surface area (TPSA) is 75.4 Å². The molecular formula is C31H22IrN8-4. The first-order valence-electron chi connectivity index (χ1n) is 12.2. The van der Waals surface area contributed by atoms with Gasteiger partial charge in [-0.25, -0.2) is 20.2 Å². The number of para-hydroxylation sites is 2. The molecule has 0 atom stereocenters. The van der Waals surface area contributed by atoms with Crippen LogP contribution < -0.4 is 19.6 Å². The van der Waals surface area contributed by atoms with Crippen LogP contribution in [0, 0.1) is 36.8 Å². The predicted molar refractivity (Wildman–Crippen MR) is 151 cm³/mol. The van der Waals surface area contributed by atoms with Crippen molar-refractivity contribution in [3.8, 4) is 6.07 Å². The largest absolute Gasteiger partial charge is 0.502 e. The first-order chi connectivity index (χ1) is 19.2. The molecule has 7 rings (SSSR count). The third-order valence-electron chi connectivity index (χ3n) is 6.18. The van der Waals surface area contributed by atoms with Crippen molar-refractivity contribution in [3.63, 3.8) is 0 Å². The van der Waals surface area contributed by atoms with Crippen molar-refractivity contribution in [1.29, 1.82) is 5.26 Å². The Morgan fingerprint density at radius 3 is 2.10 bits per heavy atom. The number of hydrogen-bond donors (Lipinski definition) is 0. The molecule has 40 heavy (non-hydrogen) atoms. The Bertz CT molecular complexity index is 1540. The molecule has 0 saturated heterocycles. The van der Waals surface area contributed by atoms with Crippen LogP contribution in [0.15, 0.2) is 104 Å². The number of nitriles is 1. The Morgan fingerprint density at radius 2 is 1.40 bits per heavy atom. The van der Waals surface area contributed by atoms with Crippen LogP contribution in [0.2, 0.25) is 0 Å². The van der Waals surface area contributed by atoms with Gasteiger partial charge in [0.05, 0.1) is 0 Å². The van der Waals surface area contributed by atoms with Crippen molar-refractivity contribution in [2.45, 2.75) is 0 Å². The number of hydrogen-bond acceptors (Lipinski definition) is 8. The SMILES string of the molecule is CN1[CH-]N(c2[c-]cc(C#N)cc2)c2ncccc21.[Ir].[c-]1ccccc1N1[CH-]N(c2ccccc2)c2nccnc21. The molecule has 2 aliphatic heterocycles. The van der Waals surface area contributed by atoms with Gasteiger partial charge in [0, 0.05) is 56.1 Å². The standard InChI is InChI=1S/C17H12N4.C14H10N4.Ir/c1-3-7-14(8-4-1)20-13-21(15-9-5-2-6-10-15)17-16(20)18-11-12-19-17;1-17-10-18(14-13(17)3-2-8-16-14)12-6-4-11(9-15)5-7-12;/h1-9,11-13H;2-6,8,10H,1H3;/q2*-2;. The summed E-state index contributed by atoms with van der Waals surface area (Å²) in [4.78, 5) is 21.3. The molecule has 0 amide bonds. The van der Waals surface area contributed by atoms with Crippen molar-refractivity contribution in [2.75, 3.05) is 26.6 Å². The average molecular weight is 699 g/mol. The molecule has 9 heteroatoms. The summed E-state index contributed by atoms with van der Waals surface area (Å²) in [7, 11) is 1.98. The molecule has 8 nitrogen and oxygen atoms in total. The van der Waals surface area contributed by atoms with Crippen LogP contribution in [0.3, 0.4) is 0 Å². The first-order valence-corrected chi connectivity index (χ1v) is 12.2. The number of aromatic nitrogens is 3. The number of nitrogens with zero attached hydrogens (tertiary/aromatic N) is 8. The molecule has 1 radical (unpaired) electrons. The van der Waals surface area contributed by atoms with Gasteiger partial charge in [-0.1, -0.05) is 23.8 Å². The zero-order chi connectivity index (χ0) is 26.6. The van der Waals surface area contributed by atoms with E-state index in [0.29, 0.717) is 5.56 Å². The summed E-state index contributed by atoms with van der Waals surface area (Å²) in [5.41, 5.74) is 4.52. The molecule has 0 bridgehead atoms. The summed E-state index contributed by atoms with van der Waals surface area (Å²) >= 11 is 0. The fraction of sp³-hybridized carbons (Fsp3) is 0.0323. The minimum Gasteiger partial charge on any atom is -0.502 e. The monoisotopic (exact) mass is 699 g/mol. The maximum absolute atomic E-state index is 8.78. The van der Waals surface area contributed by atoms with Crippen molar-refractivity contribution >= 4 is 40.2 Å². The Balaban J connectivity index is 0.000000159. The zero-order valence-electron chi connectivity index (χ0n) is 21.4. The quantitative estimate of drug-likeness (QED) is 0.208. The predicted octanol–water partition coefficient (Wildman–Crippen LogP) is 6.14. The Kier molecular flexibility index (Phi) is 8.02. The Morgan fingerprint density at radius 1 is 0.700 bits per heavy atom. The molecule has 0 N–H and O–H groups in total. The first kappa shape index (κ1) is 26.8. The Labute approximate surface area is 247 Å². The van der Waals surface area contributed by atoms with E-state index in [9.17, 15) is 0 Å². The van der Waals surface area contributed by atoms with Crippen LogP contribution in [0.4, 0.5) is 40.2 Å². The van der Waals surface area contributed by atoms with E-state index in [-0.39, 0.29) is 20.1 Å². The molecule has 2 aliphatic rings. The van der Waals surface area contributed by atoms with Crippen LogP contribution in [-0.4, -0.2) is 22.0 Å². The van der Waals surface area contributed by atoms with Gasteiger partial charge in [-0.15, -0.1) is 24.1 Å². The van der Waals surface area contributed by atoms with Gasteiger partial charge in [0.25, 0.3) is 0 Å². The van der Waals surface area contributed by atoms with Crippen molar-refractivity contribution in [2.24, 2.45) is 0 Å². The van der Waals surface area contributed by atoms with Crippen LogP contribution in [-0.2, 0) is 20.1 Å². The van der Waals surface area contributed by atoms with Crippen molar-refractivity contribution in [1.82, 2.24) is 15.0 Å². The van der Waals surface area contributed by atoms with Gasteiger partial charge >= 0.3 is 0 Å². The molecule has 4 heterocycles. The molecule has 0 saturated carbocycles. The van der Waals surface area contributed by atoms with Gasteiger partial charge in [0.15, 0.2) is 0 Å². The minimum atomic E-state index is 0. The van der Waals surface area contributed by atoms with Crippen LogP contribution in [0.25, 0.3) is 0 Å². The third-order valence-corrected chi connectivity index (χ3v) is 6.18. The Hall–Kier alpha value is -4.77. The fourth-order valence-electron chi connectivity index (χ4n) is 4.33. The summed E-state index contributed by atoms with van der Waals surface area (Å²) in [6, 6.07) is 35.6. The van der Waals surface area contributed by atoms with E-state index in [1.165, 1.54) is 0 Å². The van der Waals surface area contributed by atoms with E-state index in [4.69, 9.17) is 5.26 Å². The maximum atomic E-state index is 8.78. The number of fused-ring (bicyclic) bond motifs is 2.